The Morgan fingerprint density at radius 3 is 2.80 bits per heavy atom. The molecule has 0 amide bonds. The Bertz CT molecular complexity index is 813. The van der Waals surface area contributed by atoms with E-state index in [0.717, 1.165) is 10.0 Å². The summed E-state index contributed by atoms with van der Waals surface area (Å²) in [5.41, 5.74) is 1.22. The van der Waals surface area contributed by atoms with E-state index in [4.69, 9.17) is 11.6 Å². The lowest BCUT2D eigenvalue weighted by molar-refractivity contribution is -0.385. The lowest BCUT2D eigenvalue weighted by atomic mass is 10.2. The molecule has 0 aliphatic rings. The SMILES string of the molecule is O=[N+]([O-])c1ccc2nc(-c3cc(Cl)cc(Br)c3)nn2c1. The molecule has 0 saturated carbocycles. The van der Waals surface area contributed by atoms with Gasteiger partial charge in [0.2, 0.25) is 0 Å². The van der Waals surface area contributed by atoms with E-state index in [2.05, 4.69) is 26.0 Å². The molecule has 0 atom stereocenters. The van der Waals surface area contributed by atoms with Crippen LogP contribution in [0.5, 0.6) is 0 Å². The fraction of sp³-hybridized carbons (Fsp3) is 0. The molecule has 0 unspecified atom stereocenters. The Morgan fingerprint density at radius 2 is 2.10 bits per heavy atom. The van der Waals surface area contributed by atoms with Crippen LogP contribution in [-0.4, -0.2) is 19.5 Å². The van der Waals surface area contributed by atoms with Crippen molar-refractivity contribution in [3.63, 3.8) is 0 Å². The van der Waals surface area contributed by atoms with Crippen LogP contribution in [0.4, 0.5) is 5.69 Å². The summed E-state index contributed by atoms with van der Waals surface area (Å²) >= 11 is 9.33. The van der Waals surface area contributed by atoms with Gasteiger partial charge in [-0.25, -0.2) is 9.50 Å². The predicted molar refractivity (Wildman–Crippen MR) is 77.8 cm³/mol. The second-order valence-electron chi connectivity index (χ2n) is 4.04. The van der Waals surface area contributed by atoms with Gasteiger partial charge in [0.1, 0.15) is 6.20 Å². The van der Waals surface area contributed by atoms with Gasteiger partial charge in [-0.15, -0.1) is 5.10 Å². The van der Waals surface area contributed by atoms with Crippen molar-refractivity contribution in [2.24, 2.45) is 0 Å². The Balaban J connectivity index is 2.15. The number of hydrogen-bond donors (Lipinski definition) is 0. The van der Waals surface area contributed by atoms with Crippen molar-refractivity contribution in [1.82, 2.24) is 14.6 Å². The zero-order chi connectivity index (χ0) is 14.3. The first-order valence-corrected chi connectivity index (χ1v) is 6.67. The molecular weight excluding hydrogens is 348 g/mol. The van der Waals surface area contributed by atoms with Crippen molar-refractivity contribution in [2.45, 2.75) is 0 Å². The van der Waals surface area contributed by atoms with Crippen LogP contribution in [0.1, 0.15) is 0 Å². The second-order valence-corrected chi connectivity index (χ2v) is 5.39. The van der Waals surface area contributed by atoms with Crippen molar-refractivity contribution >= 4 is 38.9 Å². The lowest BCUT2D eigenvalue weighted by Crippen LogP contribution is -1.92. The molecule has 3 rings (SSSR count). The highest BCUT2D eigenvalue weighted by atomic mass is 79.9. The summed E-state index contributed by atoms with van der Waals surface area (Å²) in [4.78, 5) is 14.6. The van der Waals surface area contributed by atoms with Gasteiger partial charge < -0.3 is 0 Å². The molecule has 2 aromatic heterocycles. The third-order valence-electron chi connectivity index (χ3n) is 2.65. The van der Waals surface area contributed by atoms with Crippen molar-refractivity contribution in [1.29, 1.82) is 0 Å². The summed E-state index contributed by atoms with van der Waals surface area (Å²) in [7, 11) is 0. The molecule has 8 heteroatoms. The molecule has 0 spiro atoms. The quantitative estimate of drug-likeness (QED) is 0.520. The minimum absolute atomic E-state index is 0.0405. The van der Waals surface area contributed by atoms with Crippen LogP contribution in [0.25, 0.3) is 17.0 Å². The molecule has 1 aromatic carbocycles. The van der Waals surface area contributed by atoms with E-state index in [9.17, 15) is 10.1 Å². The summed E-state index contributed by atoms with van der Waals surface area (Å²) in [5, 5.41) is 15.5. The van der Waals surface area contributed by atoms with Crippen molar-refractivity contribution in [2.75, 3.05) is 0 Å². The molecule has 0 saturated heterocycles. The Kier molecular flexibility index (Phi) is 3.15. The number of rotatable bonds is 2. The van der Waals surface area contributed by atoms with Gasteiger partial charge in [0.15, 0.2) is 11.5 Å². The molecule has 3 aromatic rings. The van der Waals surface area contributed by atoms with Crippen molar-refractivity contribution in [3.8, 4) is 11.4 Å². The highest BCUT2D eigenvalue weighted by Crippen LogP contribution is 2.26. The zero-order valence-corrected chi connectivity index (χ0v) is 12.2. The topological polar surface area (TPSA) is 73.3 Å². The molecule has 100 valence electrons. The van der Waals surface area contributed by atoms with E-state index in [1.54, 1.807) is 18.2 Å². The first kappa shape index (κ1) is 13.0. The van der Waals surface area contributed by atoms with E-state index in [0.29, 0.717) is 16.5 Å². The fourth-order valence-electron chi connectivity index (χ4n) is 1.79. The van der Waals surface area contributed by atoms with E-state index in [1.165, 1.54) is 16.8 Å². The van der Waals surface area contributed by atoms with Gasteiger partial charge in [-0.3, -0.25) is 10.1 Å². The van der Waals surface area contributed by atoms with Gasteiger partial charge in [-0.05, 0) is 24.3 Å². The summed E-state index contributed by atoms with van der Waals surface area (Å²) in [6, 6.07) is 8.26. The normalized spacial score (nSPS) is 10.9. The van der Waals surface area contributed by atoms with Crippen LogP contribution < -0.4 is 0 Å². The van der Waals surface area contributed by atoms with Crippen LogP contribution in [-0.2, 0) is 0 Å². The molecule has 0 aliphatic heterocycles. The molecule has 0 fully saturated rings. The third-order valence-corrected chi connectivity index (χ3v) is 3.32. The standard InChI is InChI=1S/C12H6BrClN4O2/c13-8-3-7(4-9(14)5-8)12-15-11-2-1-10(18(19)20)6-17(11)16-12/h1-6H. The van der Waals surface area contributed by atoms with Crippen LogP contribution in [0.2, 0.25) is 5.02 Å². The zero-order valence-electron chi connectivity index (χ0n) is 9.83. The second kappa shape index (κ2) is 4.84. The maximum Gasteiger partial charge on any atom is 0.287 e. The minimum atomic E-state index is -0.475. The number of pyridine rings is 1. The maximum absolute atomic E-state index is 10.7. The maximum atomic E-state index is 10.7. The van der Waals surface area contributed by atoms with Crippen LogP contribution in [0, 0.1) is 10.1 Å². The summed E-state index contributed by atoms with van der Waals surface area (Å²) < 4.78 is 2.19. The summed E-state index contributed by atoms with van der Waals surface area (Å²) in [6.45, 7) is 0. The van der Waals surface area contributed by atoms with Gasteiger partial charge in [0.25, 0.3) is 5.69 Å². The minimum Gasteiger partial charge on any atom is -0.258 e. The highest BCUT2D eigenvalue weighted by Gasteiger charge is 2.11. The van der Waals surface area contributed by atoms with E-state index < -0.39 is 4.92 Å². The Hall–Kier alpha value is -1.99. The van der Waals surface area contributed by atoms with Gasteiger partial charge in [-0.1, -0.05) is 27.5 Å². The molecule has 6 nitrogen and oxygen atoms in total. The smallest absolute Gasteiger partial charge is 0.258 e. The van der Waals surface area contributed by atoms with E-state index in [1.807, 2.05) is 6.07 Å². The molecule has 0 aliphatic carbocycles. The molecule has 0 radical (unpaired) electrons. The molecule has 2 heterocycles. The van der Waals surface area contributed by atoms with Gasteiger partial charge >= 0.3 is 0 Å². The fourth-order valence-corrected chi connectivity index (χ4v) is 2.65. The summed E-state index contributed by atoms with van der Waals surface area (Å²) in [5.74, 6) is 0.452. The van der Waals surface area contributed by atoms with Crippen LogP contribution in [0.3, 0.4) is 0 Å². The predicted octanol–water partition coefficient (Wildman–Crippen LogP) is 3.72. The molecule has 0 N–H and O–H groups in total. The number of halogens is 2. The lowest BCUT2D eigenvalue weighted by Gasteiger charge is -1.97. The van der Waals surface area contributed by atoms with Crippen LogP contribution in [0.15, 0.2) is 41.0 Å². The molecule has 0 bridgehead atoms. The van der Waals surface area contributed by atoms with E-state index in [-0.39, 0.29) is 5.69 Å². The van der Waals surface area contributed by atoms with Gasteiger partial charge in [0.05, 0.1) is 4.92 Å². The summed E-state index contributed by atoms with van der Waals surface area (Å²) in [6.07, 6.45) is 1.32. The van der Waals surface area contributed by atoms with Gasteiger partial charge in [0, 0.05) is 21.1 Å². The van der Waals surface area contributed by atoms with E-state index >= 15 is 0 Å². The molecule has 20 heavy (non-hydrogen) atoms. The molecular formula is C12H6BrClN4O2. The Labute approximate surface area is 126 Å². The van der Waals surface area contributed by atoms with Crippen molar-refractivity contribution < 1.29 is 4.92 Å². The monoisotopic (exact) mass is 352 g/mol. The number of nitro groups is 1. The third kappa shape index (κ3) is 2.37. The number of hydrogen-bond acceptors (Lipinski definition) is 4. The number of nitrogens with zero attached hydrogens (tertiary/aromatic N) is 4. The number of aromatic nitrogens is 3. The average Bonchev–Trinajstić information content (AvgIpc) is 2.80. The highest BCUT2D eigenvalue weighted by molar-refractivity contribution is 9.10. The first-order chi connectivity index (χ1) is 9.52. The van der Waals surface area contributed by atoms with Crippen LogP contribution >= 0.6 is 27.5 Å². The average molecular weight is 354 g/mol. The Morgan fingerprint density at radius 1 is 1.30 bits per heavy atom. The number of fused-ring (bicyclic) bond motifs is 1. The van der Waals surface area contributed by atoms with Gasteiger partial charge in [-0.2, -0.15) is 0 Å². The largest absolute Gasteiger partial charge is 0.287 e. The van der Waals surface area contributed by atoms with Crippen molar-refractivity contribution in [3.05, 3.63) is 56.1 Å². The first-order valence-electron chi connectivity index (χ1n) is 5.50. The number of benzene rings is 1.